The van der Waals surface area contributed by atoms with Gasteiger partial charge in [0.2, 0.25) is 0 Å². The van der Waals surface area contributed by atoms with Crippen LogP contribution in [0.4, 0.5) is 5.69 Å². The lowest BCUT2D eigenvalue weighted by Gasteiger charge is -2.20. The van der Waals surface area contributed by atoms with E-state index in [1.54, 1.807) is 0 Å². The van der Waals surface area contributed by atoms with Gasteiger partial charge in [0.05, 0.1) is 11.1 Å². The molecule has 3 aromatic rings. The van der Waals surface area contributed by atoms with E-state index >= 15 is 0 Å². The van der Waals surface area contributed by atoms with Crippen molar-refractivity contribution in [3.63, 3.8) is 0 Å². The average molecular weight is 320 g/mol. The number of aryl methyl sites for hydroxylation is 1. The number of carboxylic acids is 1. The van der Waals surface area contributed by atoms with Crippen LogP contribution in [-0.4, -0.2) is 29.7 Å². The van der Waals surface area contributed by atoms with E-state index in [9.17, 15) is 9.90 Å². The van der Waals surface area contributed by atoms with E-state index in [-0.39, 0.29) is 5.56 Å². The predicted molar refractivity (Wildman–Crippen MR) is 97.8 cm³/mol. The number of fused-ring (bicyclic) bond motifs is 1. The maximum atomic E-state index is 11.7. The van der Waals surface area contributed by atoms with Crippen LogP contribution in [0.1, 0.15) is 22.8 Å². The normalized spacial score (nSPS) is 10.8. The van der Waals surface area contributed by atoms with Gasteiger partial charge in [0.15, 0.2) is 0 Å². The highest BCUT2D eigenvalue weighted by molar-refractivity contribution is 6.07. The Morgan fingerprint density at radius 3 is 2.54 bits per heavy atom. The highest BCUT2D eigenvalue weighted by atomic mass is 16.4. The zero-order valence-electron chi connectivity index (χ0n) is 14.1. The zero-order valence-corrected chi connectivity index (χ0v) is 14.1. The third-order valence-corrected chi connectivity index (χ3v) is 4.35. The molecule has 0 spiro atoms. The molecule has 3 rings (SSSR count). The van der Waals surface area contributed by atoms with Crippen molar-refractivity contribution in [2.75, 3.05) is 18.5 Å². The first-order chi connectivity index (χ1) is 11.5. The van der Waals surface area contributed by atoms with Crippen LogP contribution in [-0.2, 0) is 0 Å². The van der Waals surface area contributed by atoms with Crippen molar-refractivity contribution in [3.8, 4) is 11.1 Å². The molecule has 1 heterocycles. The molecule has 0 aliphatic carbocycles. The molecular formula is C20H20N2O2. The van der Waals surface area contributed by atoms with E-state index in [4.69, 9.17) is 0 Å². The molecule has 0 saturated heterocycles. The summed E-state index contributed by atoms with van der Waals surface area (Å²) in [5, 5.41) is 10.5. The van der Waals surface area contributed by atoms with Gasteiger partial charge in [-0.05, 0) is 37.1 Å². The van der Waals surface area contributed by atoms with Crippen molar-refractivity contribution in [2.45, 2.75) is 13.8 Å². The first kappa shape index (κ1) is 16.0. The molecule has 2 aromatic carbocycles. The standard InChI is InChI=1S/C20H20N2O2/c1-4-22(3)15-10-13(2)19-16(11-15)18(14-8-6-5-7-9-14)17(12-21-19)20(23)24/h5-12H,4H2,1-3H3,(H,23,24). The number of aromatic carboxylic acids is 1. The molecule has 0 amide bonds. The van der Waals surface area contributed by atoms with Gasteiger partial charge in [-0.25, -0.2) is 4.79 Å². The first-order valence-electron chi connectivity index (χ1n) is 7.96. The number of carbonyl (C=O) groups is 1. The molecule has 4 heteroatoms. The third kappa shape index (κ3) is 2.71. The van der Waals surface area contributed by atoms with E-state index < -0.39 is 5.97 Å². The number of hydrogen-bond donors (Lipinski definition) is 1. The van der Waals surface area contributed by atoms with Gasteiger partial charge in [-0.1, -0.05) is 30.3 Å². The summed E-state index contributed by atoms with van der Waals surface area (Å²) in [6, 6.07) is 13.8. The Balaban J connectivity index is 2.42. The second-order valence-electron chi connectivity index (χ2n) is 5.89. The average Bonchev–Trinajstić information content (AvgIpc) is 2.60. The lowest BCUT2D eigenvalue weighted by molar-refractivity contribution is 0.0697. The Morgan fingerprint density at radius 2 is 1.92 bits per heavy atom. The van der Waals surface area contributed by atoms with Crippen LogP contribution >= 0.6 is 0 Å². The van der Waals surface area contributed by atoms with Gasteiger partial charge in [-0.15, -0.1) is 0 Å². The lowest BCUT2D eigenvalue weighted by Crippen LogP contribution is -2.16. The molecule has 0 radical (unpaired) electrons. The summed E-state index contributed by atoms with van der Waals surface area (Å²) >= 11 is 0. The van der Waals surface area contributed by atoms with Gasteiger partial charge in [0, 0.05) is 36.4 Å². The first-order valence-corrected chi connectivity index (χ1v) is 7.96. The maximum Gasteiger partial charge on any atom is 0.337 e. The Morgan fingerprint density at radius 1 is 1.21 bits per heavy atom. The smallest absolute Gasteiger partial charge is 0.337 e. The fourth-order valence-corrected chi connectivity index (χ4v) is 2.94. The fourth-order valence-electron chi connectivity index (χ4n) is 2.94. The molecule has 24 heavy (non-hydrogen) atoms. The summed E-state index contributed by atoms with van der Waals surface area (Å²) in [6.07, 6.45) is 1.46. The van der Waals surface area contributed by atoms with E-state index in [1.807, 2.05) is 50.4 Å². The number of pyridine rings is 1. The van der Waals surface area contributed by atoms with Gasteiger partial charge in [0.25, 0.3) is 0 Å². The summed E-state index contributed by atoms with van der Waals surface area (Å²) in [6.45, 7) is 4.97. The number of hydrogen-bond acceptors (Lipinski definition) is 3. The van der Waals surface area contributed by atoms with Crippen LogP contribution < -0.4 is 4.90 Å². The highest BCUT2D eigenvalue weighted by Crippen LogP contribution is 2.35. The maximum absolute atomic E-state index is 11.7. The van der Waals surface area contributed by atoms with E-state index in [0.29, 0.717) is 0 Å². The molecule has 4 nitrogen and oxygen atoms in total. The van der Waals surface area contributed by atoms with Crippen molar-refractivity contribution in [1.29, 1.82) is 0 Å². The molecule has 0 saturated carbocycles. The van der Waals surface area contributed by atoms with Crippen molar-refractivity contribution >= 4 is 22.6 Å². The largest absolute Gasteiger partial charge is 0.478 e. The van der Waals surface area contributed by atoms with Crippen molar-refractivity contribution in [1.82, 2.24) is 4.98 Å². The van der Waals surface area contributed by atoms with Crippen LogP contribution in [0, 0.1) is 6.92 Å². The van der Waals surface area contributed by atoms with Gasteiger partial charge in [-0.3, -0.25) is 4.98 Å². The van der Waals surface area contributed by atoms with E-state index in [1.165, 1.54) is 6.20 Å². The molecular weight excluding hydrogens is 300 g/mol. The second kappa shape index (κ2) is 6.32. The zero-order chi connectivity index (χ0) is 17.3. The molecule has 1 aromatic heterocycles. The Kier molecular flexibility index (Phi) is 4.21. The van der Waals surface area contributed by atoms with Crippen LogP contribution in [0.5, 0.6) is 0 Å². The molecule has 0 bridgehead atoms. The van der Waals surface area contributed by atoms with Crippen molar-refractivity contribution in [3.05, 3.63) is 59.8 Å². The molecule has 0 fully saturated rings. The second-order valence-corrected chi connectivity index (χ2v) is 5.89. The van der Waals surface area contributed by atoms with Gasteiger partial charge >= 0.3 is 5.97 Å². The minimum atomic E-state index is -0.963. The summed E-state index contributed by atoms with van der Waals surface area (Å²) in [5.74, 6) is -0.963. The van der Waals surface area contributed by atoms with Crippen LogP contribution in [0.15, 0.2) is 48.7 Å². The van der Waals surface area contributed by atoms with E-state index in [0.717, 1.165) is 39.8 Å². The van der Waals surface area contributed by atoms with Crippen molar-refractivity contribution < 1.29 is 9.90 Å². The minimum Gasteiger partial charge on any atom is -0.478 e. The highest BCUT2D eigenvalue weighted by Gasteiger charge is 2.18. The van der Waals surface area contributed by atoms with Gasteiger partial charge in [0.1, 0.15) is 0 Å². The number of carboxylic acid groups (broad SMARTS) is 1. The Hall–Kier alpha value is -2.88. The molecule has 0 aliphatic rings. The molecule has 0 aliphatic heterocycles. The van der Waals surface area contributed by atoms with Crippen molar-refractivity contribution in [2.24, 2.45) is 0 Å². The molecule has 1 N–H and O–H groups in total. The summed E-state index contributed by atoms with van der Waals surface area (Å²) in [4.78, 5) is 18.3. The topological polar surface area (TPSA) is 53.4 Å². The third-order valence-electron chi connectivity index (χ3n) is 4.35. The fraction of sp³-hybridized carbons (Fsp3) is 0.200. The summed E-state index contributed by atoms with van der Waals surface area (Å²) in [5.41, 5.74) is 4.78. The van der Waals surface area contributed by atoms with Crippen LogP contribution in [0.3, 0.4) is 0 Å². The van der Waals surface area contributed by atoms with Gasteiger partial charge < -0.3 is 10.0 Å². The SMILES string of the molecule is CCN(C)c1cc(C)c2ncc(C(=O)O)c(-c3ccccc3)c2c1. The predicted octanol–water partition coefficient (Wildman–Crippen LogP) is 4.36. The summed E-state index contributed by atoms with van der Waals surface area (Å²) < 4.78 is 0. The van der Waals surface area contributed by atoms with Crippen LogP contribution in [0.25, 0.3) is 22.0 Å². The molecule has 122 valence electrons. The monoisotopic (exact) mass is 320 g/mol. The molecule has 0 unspecified atom stereocenters. The number of aromatic nitrogens is 1. The van der Waals surface area contributed by atoms with Crippen LogP contribution in [0.2, 0.25) is 0 Å². The number of benzene rings is 2. The molecule has 0 atom stereocenters. The minimum absolute atomic E-state index is 0.226. The quantitative estimate of drug-likeness (QED) is 0.776. The van der Waals surface area contributed by atoms with Gasteiger partial charge in [-0.2, -0.15) is 0 Å². The Labute approximate surface area is 141 Å². The van der Waals surface area contributed by atoms with E-state index in [2.05, 4.69) is 22.9 Å². The lowest BCUT2D eigenvalue weighted by atomic mass is 9.94. The number of anilines is 1. The summed E-state index contributed by atoms with van der Waals surface area (Å²) in [7, 11) is 2.03. The Bertz CT molecular complexity index is 904. The number of rotatable bonds is 4. The number of nitrogens with zero attached hydrogens (tertiary/aromatic N) is 2.